The number of aliphatic hydroxyl groups excluding tert-OH is 1. The summed E-state index contributed by atoms with van der Waals surface area (Å²) in [5.41, 5.74) is 1.71. The van der Waals surface area contributed by atoms with Gasteiger partial charge in [0.25, 0.3) is 0 Å². The smallest absolute Gasteiger partial charge is 0.332 e. The molecule has 20 heavy (non-hydrogen) atoms. The third-order valence-corrected chi connectivity index (χ3v) is 2.91. The van der Waals surface area contributed by atoms with Gasteiger partial charge >= 0.3 is 5.97 Å². The molecule has 0 aromatic heterocycles. The fraction of sp³-hybridized carbons (Fsp3) is 0.188. The van der Waals surface area contributed by atoms with Gasteiger partial charge in [-0.1, -0.05) is 48.5 Å². The third-order valence-electron chi connectivity index (χ3n) is 2.91. The zero-order chi connectivity index (χ0) is 14.4. The van der Waals surface area contributed by atoms with Gasteiger partial charge in [-0.05, 0) is 17.2 Å². The van der Waals surface area contributed by atoms with Crippen LogP contribution in [-0.4, -0.2) is 22.3 Å². The van der Waals surface area contributed by atoms with E-state index < -0.39 is 12.1 Å². The van der Waals surface area contributed by atoms with Gasteiger partial charge in [0, 0.05) is 6.42 Å². The van der Waals surface area contributed by atoms with Crippen molar-refractivity contribution in [2.45, 2.75) is 19.1 Å². The minimum atomic E-state index is -1.42. The van der Waals surface area contributed by atoms with Gasteiger partial charge in [-0.25, -0.2) is 4.79 Å². The van der Waals surface area contributed by atoms with Crippen molar-refractivity contribution >= 4 is 5.97 Å². The second kappa shape index (κ2) is 6.73. The molecule has 104 valence electrons. The minimum absolute atomic E-state index is 0.0281. The van der Waals surface area contributed by atoms with E-state index in [9.17, 15) is 9.90 Å². The first kappa shape index (κ1) is 14.1. The summed E-state index contributed by atoms with van der Waals surface area (Å²) in [6, 6.07) is 16.8. The Morgan fingerprint density at radius 2 is 1.70 bits per heavy atom. The molecule has 0 radical (unpaired) electrons. The van der Waals surface area contributed by atoms with Gasteiger partial charge in [0.2, 0.25) is 0 Å². The summed E-state index contributed by atoms with van der Waals surface area (Å²) in [6.07, 6.45) is -1.39. The van der Waals surface area contributed by atoms with Crippen molar-refractivity contribution in [2.24, 2.45) is 0 Å². The first-order valence-corrected chi connectivity index (χ1v) is 6.32. The van der Waals surface area contributed by atoms with Crippen molar-refractivity contribution in [3.05, 3.63) is 65.7 Å². The van der Waals surface area contributed by atoms with Gasteiger partial charge in [0.15, 0.2) is 6.10 Å². The van der Waals surface area contributed by atoms with Gasteiger partial charge in [-0.15, -0.1) is 0 Å². The zero-order valence-electron chi connectivity index (χ0n) is 10.9. The van der Waals surface area contributed by atoms with Crippen molar-refractivity contribution in [2.75, 3.05) is 0 Å². The van der Waals surface area contributed by atoms with Crippen molar-refractivity contribution in [1.82, 2.24) is 0 Å². The van der Waals surface area contributed by atoms with E-state index in [4.69, 9.17) is 9.84 Å². The molecule has 4 nitrogen and oxygen atoms in total. The van der Waals surface area contributed by atoms with Crippen molar-refractivity contribution in [3.8, 4) is 5.75 Å². The summed E-state index contributed by atoms with van der Waals surface area (Å²) in [7, 11) is 0. The van der Waals surface area contributed by atoms with E-state index in [-0.39, 0.29) is 6.42 Å². The molecule has 0 aliphatic carbocycles. The fourth-order valence-corrected chi connectivity index (χ4v) is 1.84. The summed E-state index contributed by atoms with van der Waals surface area (Å²) in [5, 5.41) is 18.2. The lowest BCUT2D eigenvalue weighted by Gasteiger charge is -2.12. The van der Waals surface area contributed by atoms with Crippen LogP contribution in [0.1, 0.15) is 11.1 Å². The molecule has 1 unspecified atom stereocenters. The number of aliphatic carboxylic acids is 1. The first-order valence-electron chi connectivity index (χ1n) is 6.32. The van der Waals surface area contributed by atoms with Crippen molar-refractivity contribution in [1.29, 1.82) is 0 Å². The summed E-state index contributed by atoms with van der Waals surface area (Å²) in [6.45, 7) is 0.404. The monoisotopic (exact) mass is 272 g/mol. The molecule has 2 aromatic carbocycles. The molecular weight excluding hydrogens is 256 g/mol. The molecule has 0 fully saturated rings. The Labute approximate surface area is 117 Å². The van der Waals surface area contributed by atoms with Gasteiger partial charge in [-0.3, -0.25) is 0 Å². The fourth-order valence-electron chi connectivity index (χ4n) is 1.84. The lowest BCUT2D eigenvalue weighted by Crippen LogP contribution is -2.22. The number of benzene rings is 2. The van der Waals surface area contributed by atoms with Crippen molar-refractivity contribution < 1.29 is 19.7 Å². The Bertz CT molecular complexity index is 566. The van der Waals surface area contributed by atoms with Crippen LogP contribution in [0.2, 0.25) is 0 Å². The summed E-state index contributed by atoms with van der Waals surface area (Å²) < 4.78 is 5.70. The number of hydrogen-bond acceptors (Lipinski definition) is 3. The number of carboxylic acid groups (broad SMARTS) is 1. The van der Waals surface area contributed by atoms with Crippen LogP contribution >= 0.6 is 0 Å². The average molecular weight is 272 g/mol. The molecular formula is C16H16O4. The third kappa shape index (κ3) is 3.83. The van der Waals surface area contributed by atoms with Crippen LogP contribution in [-0.2, 0) is 17.8 Å². The maximum absolute atomic E-state index is 10.7. The number of rotatable bonds is 6. The molecule has 2 rings (SSSR count). The second-order valence-electron chi connectivity index (χ2n) is 4.44. The highest BCUT2D eigenvalue weighted by atomic mass is 16.5. The van der Waals surface area contributed by atoms with Gasteiger partial charge in [-0.2, -0.15) is 0 Å². The SMILES string of the molecule is O=C(O)C(O)Cc1ccccc1OCc1ccccc1. The van der Waals surface area contributed by atoms with E-state index in [0.29, 0.717) is 17.9 Å². The molecule has 2 N–H and O–H groups in total. The molecule has 0 heterocycles. The standard InChI is InChI=1S/C16H16O4/c17-14(16(18)19)10-13-8-4-5-9-15(13)20-11-12-6-2-1-3-7-12/h1-9,14,17H,10-11H2,(H,18,19). The highest BCUT2D eigenvalue weighted by Gasteiger charge is 2.16. The zero-order valence-corrected chi connectivity index (χ0v) is 10.9. The van der Waals surface area contributed by atoms with Gasteiger partial charge < -0.3 is 14.9 Å². The van der Waals surface area contributed by atoms with E-state index in [1.807, 2.05) is 36.4 Å². The van der Waals surface area contributed by atoms with Crippen LogP contribution in [0.15, 0.2) is 54.6 Å². The Balaban J connectivity index is 2.06. The predicted molar refractivity (Wildman–Crippen MR) is 74.6 cm³/mol. The Hall–Kier alpha value is -2.33. The average Bonchev–Trinajstić information content (AvgIpc) is 2.47. The number of para-hydroxylation sites is 1. The predicted octanol–water partition coefficient (Wildman–Crippen LogP) is 2.25. The van der Waals surface area contributed by atoms with Crippen LogP contribution in [0.5, 0.6) is 5.75 Å². The van der Waals surface area contributed by atoms with Gasteiger partial charge in [0.1, 0.15) is 12.4 Å². The molecule has 0 bridgehead atoms. The van der Waals surface area contributed by atoms with Crippen molar-refractivity contribution in [3.63, 3.8) is 0 Å². The molecule has 0 aliphatic rings. The topological polar surface area (TPSA) is 66.8 Å². The highest BCUT2D eigenvalue weighted by molar-refractivity contribution is 5.72. The van der Waals surface area contributed by atoms with E-state index in [0.717, 1.165) is 5.56 Å². The number of aliphatic hydroxyl groups is 1. The van der Waals surface area contributed by atoms with E-state index in [1.165, 1.54) is 0 Å². The van der Waals surface area contributed by atoms with Crippen LogP contribution in [0, 0.1) is 0 Å². The second-order valence-corrected chi connectivity index (χ2v) is 4.44. The maximum atomic E-state index is 10.7. The number of hydrogen-bond donors (Lipinski definition) is 2. The summed E-state index contributed by atoms with van der Waals surface area (Å²) in [4.78, 5) is 10.7. The Kier molecular flexibility index (Phi) is 4.74. The molecule has 0 saturated carbocycles. The van der Waals surface area contributed by atoms with E-state index in [1.54, 1.807) is 18.2 Å². The number of ether oxygens (including phenoxy) is 1. The molecule has 4 heteroatoms. The summed E-state index contributed by atoms with van der Waals surface area (Å²) in [5.74, 6) is -0.639. The number of carboxylic acids is 1. The lowest BCUT2D eigenvalue weighted by atomic mass is 10.1. The van der Waals surface area contributed by atoms with Crippen LogP contribution < -0.4 is 4.74 Å². The molecule has 0 aliphatic heterocycles. The maximum Gasteiger partial charge on any atom is 0.332 e. The quantitative estimate of drug-likeness (QED) is 0.846. The van der Waals surface area contributed by atoms with Gasteiger partial charge in [0.05, 0.1) is 0 Å². The summed E-state index contributed by atoms with van der Waals surface area (Å²) >= 11 is 0. The molecule has 2 aromatic rings. The normalized spacial score (nSPS) is 11.8. The molecule has 0 amide bonds. The van der Waals surface area contributed by atoms with E-state index >= 15 is 0 Å². The lowest BCUT2D eigenvalue weighted by molar-refractivity contribution is -0.146. The van der Waals surface area contributed by atoms with E-state index in [2.05, 4.69) is 0 Å². The largest absolute Gasteiger partial charge is 0.489 e. The molecule has 1 atom stereocenters. The number of carbonyl (C=O) groups is 1. The first-order chi connectivity index (χ1) is 9.66. The van der Waals surface area contributed by atoms with Crippen LogP contribution in [0.4, 0.5) is 0 Å². The van der Waals surface area contributed by atoms with Crippen LogP contribution in [0.25, 0.3) is 0 Å². The Morgan fingerprint density at radius 3 is 2.40 bits per heavy atom. The Morgan fingerprint density at radius 1 is 1.05 bits per heavy atom. The molecule has 0 spiro atoms. The highest BCUT2D eigenvalue weighted by Crippen LogP contribution is 2.21. The van der Waals surface area contributed by atoms with Crippen LogP contribution in [0.3, 0.4) is 0 Å². The molecule has 0 saturated heterocycles. The minimum Gasteiger partial charge on any atom is -0.489 e.